The molecule has 1 fully saturated rings. The first-order valence-electron chi connectivity index (χ1n) is 11.0. The minimum Gasteiger partial charge on any atom is -0.457 e. The van der Waals surface area contributed by atoms with Crippen molar-refractivity contribution in [2.45, 2.75) is 19.8 Å². The number of rotatable bonds is 7. The average molecular weight is 512 g/mol. The quantitative estimate of drug-likeness (QED) is 0.439. The standard InChI is InChI=1S/C25H23ClFN5O4/c1-2-31-24(34)30-23(32(25(31)35)14-15-3-5-16(26)6-4-15)29-17-7-9-18(10-8-17)36-19-11-12-21(27)20(13-19)22(28)33/h3-13,25,35H,2,14H2,1H3,(H2,28,33)(H,29,30,34). The van der Waals surface area contributed by atoms with Crippen molar-refractivity contribution >= 4 is 35.2 Å². The molecule has 36 heavy (non-hydrogen) atoms. The van der Waals surface area contributed by atoms with Crippen LogP contribution in [-0.2, 0) is 6.54 Å². The average Bonchev–Trinajstić information content (AvgIpc) is 2.85. The molecule has 0 spiro atoms. The van der Waals surface area contributed by atoms with Crippen LogP contribution in [0.5, 0.6) is 11.5 Å². The molecule has 1 saturated heterocycles. The predicted molar refractivity (Wildman–Crippen MR) is 132 cm³/mol. The van der Waals surface area contributed by atoms with Crippen molar-refractivity contribution in [3.63, 3.8) is 0 Å². The summed E-state index contributed by atoms with van der Waals surface area (Å²) >= 11 is 5.98. The smallest absolute Gasteiger partial charge is 0.327 e. The molecule has 0 radical (unpaired) electrons. The Balaban J connectivity index is 1.56. The third-order valence-electron chi connectivity index (χ3n) is 5.43. The van der Waals surface area contributed by atoms with Crippen LogP contribution in [0.25, 0.3) is 0 Å². The van der Waals surface area contributed by atoms with Gasteiger partial charge in [-0.15, -0.1) is 0 Å². The molecule has 1 atom stereocenters. The van der Waals surface area contributed by atoms with E-state index in [0.717, 1.165) is 11.6 Å². The molecule has 1 heterocycles. The summed E-state index contributed by atoms with van der Waals surface area (Å²) in [6.07, 6.45) is -1.22. The van der Waals surface area contributed by atoms with Crippen molar-refractivity contribution in [3.05, 3.63) is 88.7 Å². The number of hydrogen-bond donors (Lipinski definition) is 3. The van der Waals surface area contributed by atoms with E-state index in [9.17, 15) is 19.1 Å². The topological polar surface area (TPSA) is 120 Å². The van der Waals surface area contributed by atoms with E-state index in [1.165, 1.54) is 17.0 Å². The normalized spacial score (nSPS) is 16.7. The van der Waals surface area contributed by atoms with Crippen molar-refractivity contribution < 1.29 is 23.8 Å². The number of benzene rings is 3. The summed E-state index contributed by atoms with van der Waals surface area (Å²) in [5.74, 6) is -0.816. The van der Waals surface area contributed by atoms with Crippen LogP contribution in [0.15, 0.2) is 71.7 Å². The predicted octanol–water partition coefficient (Wildman–Crippen LogP) is 4.18. The van der Waals surface area contributed by atoms with Gasteiger partial charge < -0.3 is 15.6 Å². The molecule has 3 aromatic carbocycles. The van der Waals surface area contributed by atoms with Crippen LogP contribution >= 0.6 is 11.6 Å². The third-order valence-corrected chi connectivity index (χ3v) is 5.68. The van der Waals surface area contributed by atoms with Gasteiger partial charge in [-0.25, -0.2) is 14.2 Å². The molecule has 3 amide bonds. The Morgan fingerprint density at radius 2 is 1.78 bits per heavy atom. The number of carbonyl (C=O) groups excluding carboxylic acids is 2. The van der Waals surface area contributed by atoms with Gasteiger partial charge in [0.2, 0.25) is 12.3 Å². The van der Waals surface area contributed by atoms with E-state index in [0.29, 0.717) is 23.0 Å². The summed E-state index contributed by atoms with van der Waals surface area (Å²) in [6, 6.07) is 16.9. The zero-order valence-corrected chi connectivity index (χ0v) is 19.9. The second-order valence-corrected chi connectivity index (χ2v) is 8.29. The number of primary amides is 1. The lowest BCUT2D eigenvalue weighted by atomic mass is 10.2. The highest BCUT2D eigenvalue weighted by Gasteiger charge is 2.35. The molecular formula is C25H23ClFN5O4. The number of aliphatic hydroxyl groups excluding tert-OH is 1. The van der Waals surface area contributed by atoms with Gasteiger partial charge in [0.15, 0.2) is 0 Å². The molecular weight excluding hydrogens is 489 g/mol. The van der Waals surface area contributed by atoms with Crippen LogP contribution < -0.4 is 15.8 Å². The van der Waals surface area contributed by atoms with Crippen LogP contribution in [0.1, 0.15) is 22.8 Å². The number of amides is 3. The maximum absolute atomic E-state index is 13.7. The molecule has 3 aromatic rings. The lowest BCUT2D eigenvalue weighted by molar-refractivity contribution is -0.0670. The fraction of sp³-hybridized carbons (Fsp3) is 0.160. The lowest BCUT2D eigenvalue weighted by Crippen LogP contribution is -2.65. The van der Waals surface area contributed by atoms with Crippen LogP contribution in [0.2, 0.25) is 5.02 Å². The SMILES string of the molecule is CCN1C(=O)NC(=Nc2ccc(Oc3ccc(F)c(C(N)=O)c3)cc2)N(Cc2ccc(Cl)cc2)C1O. The van der Waals surface area contributed by atoms with Crippen molar-refractivity contribution in [2.24, 2.45) is 10.7 Å². The fourth-order valence-electron chi connectivity index (χ4n) is 3.57. The van der Waals surface area contributed by atoms with E-state index in [2.05, 4.69) is 10.3 Å². The summed E-state index contributed by atoms with van der Waals surface area (Å²) in [4.78, 5) is 31.2. The highest BCUT2D eigenvalue weighted by Crippen LogP contribution is 2.26. The van der Waals surface area contributed by atoms with Crippen LogP contribution in [0.4, 0.5) is 14.9 Å². The molecule has 0 bridgehead atoms. The number of aliphatic hydroxyl groups is 1. The Morgan fingerprint density at radius 3 is 2.42 bits per heavy atom. The van der Waals surface area contributed by atoms with E-state index >= 15 is 0 Å². The second-order valence-electron chi connectivity index (χ2n) is 7.85. The number of urea groups is 1. The summed E-state index contributed by atoms with van der Waals surface area (Å²) < 4.78 is 19.4. The van der Waals surface area contributed by atoms with E-state index < -0.39 is 24.1 Å². The van der Waals surface area contributed by atoms with Crippen LogP contribution in [0, 0.1) is 5.82 Å². The molecule has 1 unspecified atom stereocenters. The number of aliphatic imine (C=N–C) groups is 1. The lowest BCUT2D eigenvalue weighted by Gasteiger charge is -2.41. The van der Waals surface area contributed by atoms with Gasteiger partial charge in [0, 0.05) is 11.6 Å². The number of nitrogens with zero attached hydrogens (tertiary/aromatic N) is 3. The second kappa shape index (κ2) is 10.6. The van der Waals surface area contributed by atoms with Gasteiger partial charge >= 0.3 is 6.03 Å². The molecule has 186 valence electrons. The van der Waals surface area contributed by atoms with Gasteiger partial charge in [-0.05, 0) is 67.1 Å². The molecule has 0 aliphatic carbocycles. The van der Waals surface area contributed by atoms with E-state index in [-0.39, 0.29) is 23.8 Å². The van der Waals surface area contributed by atoms with Crippen LogP contribution in [0.3, 0.4) is 0 Å². The minimum atomic E-state index is -1.22. The van der Waals surface area contributed by atoms with Gasteiger partial charge in [-0.3, -0.25) is 19.9 Å². The highest BCUT2D eigenvalue weighted by atomic mass is 35.5. The molecule has 0 aromatic heterocycles. The first-order chi connectivity index (χ1) is 17.2. The number of hydrogen-bond acceptors (Lipinski definition) is 5. The monoisotopic (exact) mass is 511 g/mol. The molecule has 9 nitrogen and oxygen atoms in total. The minimum absolute atomic E-state index is 0.172. The Labute approximate surface area is 211 Å². The van der Waals surface area contributed by atoms with Gasteiger partial charge in [0.25, 0.3) is 5.91 Å². The zero-order valence-electron chi connectivity index (χ0n) is 19.2. The summed E-state index contributed by atoms with van der Waals surface area (Å²) in [5, 5.41) is 14.2. The largest absolute Gasteiger partial charge is 0.457 e. The molecule has 4 N–H and O–H groups in total. The first-order valence-corrected chi connectivity index (χ1v) is 11.4. The number of nitrogens with one attached hydrogen (secondary N) is 1. The van der Waals surface area contributed by atoms with Gasteiger partial charge in [0.1, 0.15) is 17.3 Å². The van der Waals surface area contributed by atoms with Gasteiger partial charge in [-0.2, -0.15) is 0 Å². The zero-order chi connectivity index (χ0) is 25.8. The van der Waals surface area contributed by atoms with Crippen molar-refractivity contribution in [1.82, 2.24) is 15.1 Å². The molecule has 1 aliphatic heterocycles. The Bertz CT molecular complexity index is 1300. The number of ether oxygens (including phenoxy) is 1. The fourth-order valence-corrected chi connectivity index (χ4v) is 3.69. The number of carbonyl (C=O) groups is 2. The summed E-state index contributed by atoms with van der Waals surface area (Å²) in [5.41, 5.74) is 6.24. The van der Waals surface area contributed by atoms with Gasteiger partial charge in [-0.1, -0.05) is 23.7 Å². The summed E-state index contributed by atoms with van der Waals surface area (Å²) in [7, 11) is 0. The van der Waals surface area contributed by atoms with E-state index in [1.54, 1.807) is 48.2 Å². The van der Waals surface area contributed by atoms with Crippen molar-refractivity contribution in [3.8, 4) is 11.5 Å². The summed E-state index contributed by atoms with van der Waals surface area (Å²) in [6.45, 7) is 2.32. The van der Waals surface area contributed by atoms with Crippen molar-refractivity contribution in [1.29, 1.82) is 0 Å². The third kappa shape index (κ3) is 5.56. The molecule has 0 saturated carbocycles. The first kappa shape index (κ1) is 25.0. The van der Waals surface area contributed by atoms with E-state index in [4.69, 9.17) is 22.1 Å². The maximum Gasteiger partial charge on any atom is 0.327 e. The number of halogens is 2. The Hall–Kier alpha value is -4.15. The van der Waals surface area contributed by atoms with Gasteiger partial charge in [0.05, 0.1) is 17.8 Å². The van der Waals surface area contributed by atoms with Crippen LogP contribution in [-0.4, -0.2) is 45.7 Å². The Morgan fingerprint density at radius 1 is 1.11 bits per heavy atom. The highest BCUT2D eigenvalue weighted by molar-refractivity contribution is 6.30. The molecule has 11 heteroatoms. The Kier molecular flexibility index (Phi) is 7.37. The molecule has 4 rings (SSSR count). The molecule has 1 aliphatic rings. The number of nitrogens with two attached hydrogens (primary N) is 1. The maximum atomic E-state index is 13.7. The van der Waals surface area contributed by atoms with E-state index in [1.807, 2.05) is 12.1 Å². The number of guanidine groups is 1. The van der Waals surface area contributed by atoms with Crippen molar-refractivity contribution in [2.75, 3.05) is 6.54 Å².